The molecule has 1 aromatic heterocycles. The van der Waals surface area contributed by atoms with Crippen molar-refractivity contribution in [3.8, 4) is 6.07 Å². The van der Waals surface area contributed by atoms with Crippen molar-refractivity contribution in [2.45, 2.75) is 58.5 Å². The van der Waals surface area contributed by atoms with Gasteiger partial charge in [-0.2, -0.15) is 10.4 Å². The first-order chi connectivity index (χ1) is 9.71. The van der Waals surface area contributed by atoms with E-state index in [0.29, 0.717) is 23.5 Å². The molecule has 2 unspecified atom stereocenters. The maximum absolute atomic E-state index is 9.47. The molecular formula is C15H23N5. The molecule has 2 atom stereocenters. The van der Waals surface area contributed by atoms with Crippen molar-refractivity contribution in [2.75, 3.05) is 11.9 Å². The van der Waals surface area contributed by atoms with Gasteiger partial charge in [-0.05, 0) is 44.7 Å². The molecule has 2 rings (SSSR count). The van der Waals surface area contributed by atoms with Crippen LogP contribution in [0, 0.1) is 11.3 Å². The van der Waals surface area contributed by atoms with E-state index in [1.54, 1.807) is 0 Å². The van der Waals surface area contributed by atoms with Crippen molar-refractivity contribution in [3.05, 3.63) is 16.8 Å². The number of hydrogen-bond acceptors (Lipinski definition) is 5. The first-order valence-electron chi connectivity index (χ1n) is 7.49. The minimum absolute atomic E-state index is 0.308. The van der Waals surface area contributed by atoms with Crippen LogP contribution in [-0.2, 0) is 12.8 Å². The Hall–Kier alpha value is -1.67. The molecule has 5 heteroatoms. The number of aryl methyl sites for hydroxylation is 1. The highest BCUT2D eigenvalue weighted by atomic mass is 15.2. The SMILES string of the molecule is CCc1nnc(NC2CCCNC2C)c(C#N)c1CC. The monoisotopic (exact) mass is 273 g/mol. The van der Waals surface area contributed by atoms with Crippen LogP contribution in [0.1, 0.15) is 50.4 Å². The van der Waals surface area contributed by atoms with Crippen molar-refractivity contribution in [1.82, 2.24) is 15.5 Å². The molecule has 0 spiro atoms. The molecular weight excluding hydrogens is 250 g/mol. The summed E-state index contributed by atoms with van der Waals surface area (Å²) in [5.41, 5.74) is 2.63. The number of rotatable bonds is 4. The zero-order valence-corrected chi connectivity index (χ0v) is 12.5. The van der Waals surface area contributed by atoms with Gasteiger partial charge in [0.05, 0.1) is 5.69 Å². The fourth-order valence-corrected chi connectivity index (χ4v) is 2.81. The van der Waals surface area contributed by atoms with Crippen molar-refractivity contribution < 1.29 is 0 Å². The molecule has 0 amide bonds. The number of nitrogens with zero attached hydrogens (tertiary/aromatic N) is 3. The molecule has 2 heterocycles. The van der Waals surface area contributed by atoms with Gasteiger partial charge in [0.25, 0.3) is 0 Å². The molecule has 0 aromatic carbocycles. The Kier molecular flexibility index (Phi) is 4.91. The molecule has 0 aliphatic carbocycles. The zero-order chi connectivity index (χ0) is 14.5. The van der Waals surface area contributed by atoms with Gasteiger partial charge in [0.15, 0.2) is 5.82 Å². The first kappa shape index (κ1) is 14.7. The van der Waals surface area contributed by atoms with Crippen LogP contribution in [-0.4, -0.2) is 28.8 Å². The lowest BCUT2D eigenvalue weighted by atomic mass is 9.98. The zero-order valence-electron chi connectivity index (χ0n) is 12.5. The van der Waals surface area contributed by atoms with Crippen molar-refractivity contribution >= 4 is 5.82 Å². The third-order valence-corrected chi connectivity index (χ3v) is 4.04. The summed E-state index contributed by atoms with van der Waals surface area (Å²) in [6.45, 7) is 7.33. The third kappa shape index (κ3) is 2.91. The standard InChI is InChI=1S/C15H23N5/c1-4-11-12(9-16)15(20-19-13(11)5-2)18-14-7-6-8-17-10(14)3/h10,14,17H,4-8H2,1-3H3,(H,18,20). The lowest BCUT2D eigenvalue weighted by Gasteiger charge is -2.31. The fraction of sp³-hybridized carbons (Fsp3) is 0.667. The maximum Gasteiger partial charge on any atom is 0.167 e. The first-order valence-corrected chi connectivity index (χ1v) is 7.49. The van der Waals surface area contributed by atoms with Gasteiger partial charge in [0.2, 0.25) is 0 Å². The van der Waals surface area contributed by atoms with Gasteiger partial charge in [0.1, 0.15) is 11.6 Å². The van der Waals surface area contributed by atoms with Gasteiger partial charge in [-0.1, -0.05) is 13.8 Å². The average molecular weight is 273 g/mol. The van der Waals surface area contributed by atoms with E-state index in [0.717, 1.165) is 43.5 Å². The summed E-state index contributed by atoms with van der Waals surface area (Å²) < 4.78 is 0. The van der Waals surface area contributed by atoms with Crippen LogP contribution in [0.5, 0.6) is 0 Å². The number of hydrogen-bond donors (Lipinski definition) is 2. The van der Waals surface area contributed by atoms with Gasteiger partial charge < -0.3 is 10.6 Å². The van der Waals surface area contributed by atoms with Crippen molar-refractivity contribution in [2.24, 2.45) is 0 Å². The summed E-state index contributed by atoms with van der Waals surface area (Å²) in [5, 5.41) is 24.9. The predicted octanol–water partition coefficient (Wildman–Crippen LogP) is 2.03. The van der Waals surface area contributed by atoms with Gasteiger partial charge in [-0.25, -0.2) is 0 Å². The van der Waals surface area contributed by atoms with Crippen LogP contribution in [0.4, 0.5) is 5.82 Å². The Bertz CT molecular complexity index is 506. The number of nitriles is 1. The average Bonchev–Trinajstić information content (AvgIpc) is 2.48. The van der Waals surface area contributed by atoms with Gasteiger partial charge in [-0.15, -0.1) is 5.10 Å². The van der Waals surface area contributed by atoms with E-state index >= 15 is 0 Å². The highest BCUT2D eigenvalue weighted by Gasteiger charge is 2.23. The summed E-state index contributed by atoms with van der Waals surface area (Å²) in [5.74, 6) is 0.641. The summed E-state index contributed by atoms with van der Waals surface area (Å²) in [7, 11) is 0. The molecule has 1 saturated heterocycles. The summed E-state index contributed by atoms with van der Waals surface area (Å²) in [6, 6.07) is 3.00. The van der Waals surface area contributed by atoms with Crippen LogP contribution < -0.4 is 10.6 Å². The molecule has 108 valence electrons. The lowest BCUT2D eigenvalue weighted by molar-refractivity contribution is 0.388. The Morgan fingerprint density at radius 3 is 2.75 bits per heavy atom. The van der Waals surface area contributed by atoms with Crippen molar-refractivity contribution in [3.63, 3.8) is 0 Å². The number of piperidine rings is 1. The summed E-state index contributed by atoms with van der Waals surface area (Å²) in [4.78, 5) is 0. The molecule has 5 nitrogen and oxygen atoms in total. The van der Waals surface area contributed by atoms with Gasteiger partial charge in [0, 0.05) is 12.1 Å². The van der Waals surface area contributed by atoms with Crippen LogP contribution in [0.15, 0.2) is 0 Å². The molecule has 0 saturated carbocycles. The van der Waals surface area contributed by atoms with E-state index in [9.17, 15) is 5.26 Å². The van der Waals surface area contributed by atoms with E-state index in [-0.39, 0.29) is 0 Å². The Labute approximate surface area is 120 Å². The predicted molar refractivity (Wildman–Crippen MR) is 79.6 cm³/mol. The van der Waals surface area contributed by atoms with Crippen LogP contribution >= 0.6 is 0 Å². The molecule has 20 heavy (non-hydrogen) atoms. The second kappa shape index (κ2) is 6.67. The van der Waals surface area contributed by atoms with Crippen molar-refractivity contribution in [1.29, 1.82) is 5.26 Å². The minimum atomic E-state index is 0.308. The fourth-order valence-electron chi connectivity index (χ4n) is 2.81. The van der Waals surface area contributed by atoms with Gasteiger partial charge in [-0.3, -0.25) is 0 Å². The van der Waals surface area contributed by atoms with Gasteiger partial charge >= 0.3 is 0 Å². The maximum atomic E-state index is 9.47. The normalized spacial score (nSPS) is 22.3. The molecule has 0 radical (unpaired) electrons. The second-order valence-corrected chi connectivity index (χ2v) is 5.30. The third-order valence-electron chi connectivity index (χ3n) is 4.04. The summed E-state index contributed by atoms with van der Waals surface area (Å²) >= 11 is 0. The minimum Gasteiger partial charge on any atom is -0.363 e. The molecule has 1 fully saturated rings. The van der Waals surface area contributed by atoms with Crippen LogP contribution in [0.2, 0.25) is 0 Å². The molecule has 1 aliphatic rings. The molecule has 1 aliphatic heterocycles. The Morgan fingerprint density at radius 2 is 2.15 bits per heavy atom. The lowest BCUT2D eigenvalue weighted by Crippen LogP contribution is -2.46. The highest BCUT2D eigenvalue weighted by molar-refractivity contribution is 5.57. The van der Waals surface area contributed by atoms with E-state index < -0.39 is 0 Å². The Morgan fingerprint density at radius 1 is 1.35 bits per heavy atom. The van der Waals surface area contributed by atoms with E-state index in [1.165, 1.54) is 0 Å². The highest BCUT2D eigenvalue weighted by Crippen LogP contribution is 2.22. The topological polar surface area (TPSA) is 73.6 Å². The van der Waals surface area contributed by atoms with E-state index in [2.05, 4.69) is 40.7 Å². The molecule has 2 N–H and O–H groups in total. The largest absolute Gasteiger partial charge is 0.363 e. The number of anilines is 1. The number of aromatic nitrogens is 2. The quantitative estimate of drug-likeness (QED) is 0.878. The van der Waals surface area contributed by atoms with E-state index in [4.69, 9.17) is 0 Å². The second-order valence-electron chi connectivity index (χ2n) is 5.30. The molecule has 1 aromatic rings. The smallest absolute Gasteiger partial charge is 0.167 e. The Balaban J connectivity index is 2.30. The summed E-state index contributed by atoms with van der Waals surface area (Å²) in [6.07, 6.45) is 3.87. The van der Waals surface area contributed by atoms with Crippen LogP contribution in [0.3, 0.4) is 0 Å². The molecule has 0 bridgehead atoms. The van der Waals surface area contributed by atoms with Crippen LogP contribution in [0.25, 0.3) is 0 Å². The van der Waals surface area contributed by atoms with E-state index in [1.807, 2.05) is 6.92 Å². The number of nitrogens with one attached hydrogen (secondary N) is 2.